The molecule has 0 saturated heterocycles. The van der Waals surface area contributed by atoms with Crippen LogP contribution in [0.3, 0.4) is 0 Å². The highest BCUT2D eigenvalue weighted by molar-refractivity contribution is 9.10. The number of hydrogen-bond donors (Lipinski definition) is 1. The van der Waals surface area contributed by atoms with E-state index in [0.29, 0.717) is 5.33 Å². The molecule has 1 rings (SSSR count). The molecule has 0 aliphatic heterocycles. The van der Waals surface area contributed by atoms with Crippen molar-refractivity contribution in [1.29, 1.82) is 0 Å². The molecule has 15 heavy (non-hydrogen) atoms. The second kappa shape index (κ2) is 6.28. The Labute approximate surface area is 107 Å². The van der Waals surface area contributed by atoms with Crippen molar-refractivity contribution in [3.8, 4) is 0 Å². The van der Waals surface area contributed by atoms with Crippen molar-refractivity contribution in [2.45, 2.75) is 19.4 Å². The highest BCUT2D eigenvalue weighted by Gasteiger charge is 2.11. The number of carbonyl (C=O) groups is 1. The van der Waals surface area contributed by atoms with E-state index in [1.807, 2.05) is 24.3 Å². The molecule has 0 aliphatic carbocycles. The van der Waals surface area contributed by atoms with E-state index >= 15 is 0 Å². The first-order chi connectivity index (χ1) is 7.17. The van der Waals surface area contributed by atoms with Crippen LogP contribution < -0.4 is 5.32 Å². The number of benzene rings is 1. The van der Waals surface area contributed by atoms with Gasteiger partial charge in [0.1, 0.15) is 0 Å². The van der Waals surface area contributed by atoms with Crippen molar-refractivity contribution in [1.82, 2.24) is 5.32 Å². The van der Waals surface area contributed by atoms with Crippen LogP contribution in [0.1, 0.15) is 24.9 Å². The van der Waals surface area contributed by atoms with Gasteiger partial charge in [-0.1, -0.05) is 50.9 Å². The third kappa shape index (κ3) is 3.95. The van der Waals surface area contributed by atoms with Gasteiger partial charge in [-0.3, -0.25) is 4.79 Å². The fraction of sp³-hybridized carbons (Fsp3) is 0.364. The van der Waals surface area contributed by atoms with Crippen LogP contribution in [0.4, 0.5) is 0 Å². The smallest absolute Gasteiger partial charge is 0.231 e. The number of rotatable bonds is 4. The molecule has 1 atom stereocenters. The van der Waals surface area contributed by atoms with Crippen LogP contribution in [-0.4, -0.2) is 11.2 Å². The van der Waals surface area contributed by atoms with Crippen LogP contribution in [0.25, 0.3) is 0 Å². The van der Waals surface area contributed by atoms with Crippen LogP contribution in [-0.2, 0) is 4.79 Å². The monoisotopic (exact) mass is 333 g/mol. The van der Waals surface area contributed by atoms with Crippen LogP contribution in [0.15, 0.2) is 28.7 Å². The van der Waals surface area contributed by atoms with E-state index in [2.05, 4.69) is 44.1 Å². The molecular formula is C11H13Br2NO. The zero-order chi connectivity index (χ0) is 11.3. The number of amides is 1. The van der Waals surface area contributed by atoms with Gasteiger partial charge in [0.05, 0.1) is 11.4 Å². The first kappa shape index (κ1) is 12.7. The predicted molar refractivity (Wildman–Crippen MR) is 69.1 cm³/mol. The Bertz CT molecular complexity index is 324. The van der Waals surface area contributed by atoms with Crippen LogP contribution >= 0.6 is 31.9 Å². The average molecular weight is 335 g/mol. The first-order valence-electron chi connectivity index (χ1n) is 4.78. The van der Waals surface area contributed by atoms with Crippen molar-refractivity contribution < 1.29 is 4.79 Å². The molecule has 82 valence electrons. The zero-order valence-electron chi connectivity index (χ0n) is 8.47. The molecule has 4 heteroatoms. The van der Waals surface area contributed by atoms with E-state index in [1.54, 1.807) is 0 Å². The normalized spacial score (nSPS) is 12.2. The van der Waals surface area contributed by atoms with E-state index in [-0.39, 0.29) is 11.9 Å². The van der Waals surface area contributed by atoms with Crippen molar-refractivity contribution in [2.24, 2.45) is 0 Å². The average Bonchev–Trinajstić information content (AvgIpc) is 2.27. The third-order valence-corrected chi connectivity index (χ3v) is 3.18. The number of nitrogens with one attached hydrogen (secondary N) is 1. The summed E-state index contributed by atoms with van der Waals surface area (Å²) in [4.78, 5) is 11.3. The maximum atomic E-state index is 11.3. The van der Waals surface area contributed by atoms with Crippen molar-refractivity contribution in [3.63, 3.8) is 0 Å². The van der Waals surface area contributed by atoms with Gasteiger partial charge < -0.3 is 5.32 Å². The minimum absolute atomic E-state index is 0.0183. The molecule has 1 amide bonds. The van der Waals surface area contributed by atoms with Gasteiger partial charge >= 0.3 is 0 Å². The predicted octanol–water partition coefficient (Wildman–Crippen LogP) is 3.41. The number of halogens is 2. The van der Waals surface area contributed by atoms with Crippen molar-refractivity contribution in [2.75, 3.05) is 5.33 Å². The van der Waals surface area contributed by atoms with Gasteiger partial charge in [0.2, 0.25) is 5.91 Å². The summed E-state index contributed by atoms with van der Waals surface area (Å²) in [5.74, 6) is 0.0183. The SMILES string of the molecule is CCC(NC(=O)CBr)c1ccc(Br)cc1. The van der Waals surface area contributed by atoms with E-state index in [0.717, 1.165) is 16.5 Å². The molecule has 1 unspecified atom stereocenters. The molecule has 1 aromatic rings. The second-order valence-corrected chi connectivity index (χ2v) is 4.69. The Kier molecular flexibility index (Phi) is 5.32. The lowest BCUT2D eigenvalue weighted by atomic mass is 10.0. The Morgan fingerprint density at radius 3 is 2.47 bits per heavy atom. The minimum Gasteiger partial charge on any atom is -0.349 e. The summed E-state index contributed by atoms with van der Waals surface area (Å²) in [7, 11) is 0. The summed E-state index contributed by atoms with van der Waals surface area (Å²) < 4.78 is 1.05. The third-order valence-electron chi connectivity index (χ3n) is 2.14. The summed E-state index contributed by atoms with van der Waals surface area (Å²) in [5.41, 5.74) is 1.13. The molecule has 1 N–H and O–H groups in total. The molecule has 0 heterocycles. The van der Waals surface area contributed by atoms with Gasteiger partial charge in [0, 0.05) is 4.47 Å². The highest BCUT2D eigenvalue weighted by atomic mass is 79.9. The molecular weight excluding hydrogens is 322 g/mol. The topological polar surface area (TPSA) is 29.1 Å². The summed E-state index contributed by atoms with van der Waals surface area (Å²) in [5, 5.41) is 3.30. The van der Waals surface area contributed by atoms with Gasteiger partial charge in [0.15, 0.2) is 0 Å². The first-order valence-corrected chi connectivity index (χ1v) is 6.69. The maximum Gasteiger partial charge on any atom is 0.231 e. The molecule has 1 aromatic carbocycles. The van der Waals surface area contributed by atoms with Crippen LogP contribution in [0.5, 0.6) is 0 Å². The number of hydrogen-bond acceptors (Lipinski definition) is 1. The van der Waals surface area contributed by atoms with Crippen LogP contribution in [0.2, 0.25) is 0 Å². The largest absolute Gasteiger partial charge is 0.349 e. The molecule has 0 spiro atoms. The van der Waals surface area contributed by atoms with Gasteiger partial charge in [-0.2, -0.15) is 0 Å². The van der Waals surface area contributed by atoms with Gasteiger partial charge in [0.25, 0.3) is 0 Å². The Morgan fingerprint density at radius 1 is 1.40 bits per heavy atom. The van der Waals surface area contributed by atoms with Gasteiger partial charge in [-0.25, -0.2) is 0 Å². The maximum absolute atomic E-state index is 11.3. The lowest BCUT2D eigenvalue weighted by Gasteiger charge is -2.16. The van der Waals surface area contributed by atoms with Gasteiger partial charge in [-0.05, 0) is 24.1 Å². The Balaban J connectivity index is 2.74. The fourth-order valence-corrected chi connectivity index (χ4v) is 1.78. The lowest BCUT2D eigenvalue weighted by Crippen LogP contribution is -2.28. The minimum atomic E-state index is 0.0183. The molecule has 0 fully saturated rings. The van der Waals surface area contributed by atoms with E-state index in [1.165, 1.54) is 0 Å². The summed E-state index contributed by atoms with van der Waals surface area (Å²) in [6, 6.07) is 8.11. The van der Waals surface area contributed by atoms with E-state index in [4.69, 9.17) is 0 Å². The van der Waals surface area contributed by atoms with Gasteiger partial charge in [-0.15, -0.1) is 0 Å². The molecule has 0 bridgehead atoms. The Hall–Kier alpha value is -0.350. The fourth-order valence-electron chi connectivity index (χ4n) is 1.35. The Morgan fingerprint density at radius 2 is 2.00 bits per heavy atom. The standard InChI is InChI=1S/C11H13Br2NO/c1-2-10(14-11(15)7-12)8-3-5-9(13)6-4-8/h3-6,10H,2,7H2,1H3,(H,14,15). The van der Waals surface area contributed by atoms with Crippen molar-refractivity contribution in [3.05, 3.63) is 34.3 Å². The van der Waals surface area contributed by atoms with E-state index < -0.39 is 0 Å². The molecule has 0 aromatic heterocycles. The zero-order valence-corrected chi connectivity index (χ0v) is 11.6. The quantitative estimate of drug-likeness (QED) is 0.840. The number of alkyl halides is 1. The molecule has 0 aliphatic rings. The van der Waals surface area contributed by atoms with E-state index in [9.17, 15) is 4.79 Å². The van der Waals surface area contributed by atoms with Crippen molar-refractivity contribution >= 4 is 37.8 Å². The number of carbonyl (C=O) groups excluding carboxylic acids is 1. The van der Waals surface area contributed by atoms with Crippen LogP contribution in [0, 0.1) is 0 Å². The molecule has 0 saturated carbocycles. The second-order valence-electron chi connectivity index (χ2n) is 3.21. The molecule has 2 nitrogen and oxygen atoms in total. The highest BCUT2D eigenvalue weighted by Crippen LogP contribution is 2.19. The summed E-state index contributed by atoms with van der Waals surface area (Å²) in [6.45, 7) is 2.06. The lowest BCUT2D eigenvalue weighted by molar-refractivity contribution is -0.119. The summed E-state index contributed by atoms with van der Waals surface area (Å²) >= 11 is 6.52. The molecule has 0 radical (unpaired) electrons. The summed E-state index contributed by atoms with van der Waals surface area (Å²) in [6.07, 6.45) is 0.889.